The molecule has 1 unspecified atom stereocenters. The predicted octanol–water partition coefficient (Wildman–Crippen LogP) is -0.599. The van der Waals surface area contributed by atoms with E-state index in [1.54, 1.807) is 0 Å². The van der Waals surface area contributed by atoms with E-state index < -0.39 is 6.10 Å². The summed E-state index contributed by atoms with van der Waals surface area (Å²) in [7, 11) is 0. The van der Waals surface area contributed by atoms with Crippen molar-refractivity contribution in [3.63, 3.8) is 0 Å². The van der Waals surface area contributed by atoms with Gasteiger partial charge in [0.05, 0.1) is 6.10 Å². The van der Waals surface area contributed by atoms with Crippen molar-refractivity contribution in [2.75, 3.05) is 0 Å². The van der Waals surface area contributed by atoms with Crippen LogP contribution in [-0.4, -0.2) is 5.11 Å². The molecule has 2 heteroatoms. The molecule has 1 aromatic carbocycles. The van der Waals surface area contributed by atoms with E-state index in [1.807, 2.05) is 25.1 Å². The van der Waals surface area contributed by atoms with E-state index in [0.29, 0.717) is 0 Å². The van der Waals surface area contributed by atoms with Crippen LogP contribution in [0.4, 0.5) is 0 Å². The Morgan fingerprint density at radius 1 is 1.54 bits per heavy atom. The van der Waals surface area contributed by atoms with Crippen LogP contribution >= 0.6 is 0 Å². The van der Waals surface area contributed by atoms with Crippen molar-refractivity contribution in [3.8, 4) is 0 Å². The fourth-order valence-corrected chi connectivity index (χ4v) is 1.15. The topological polar surface area (TPSA) is 20.2 Å². The van der Waals surface area contributed by atoms with E-state index in [4.69, 9.17) is 0 Å². The average Bonchev–Trinajstić information content (AvgIpc) is 2.03. The van der Waals surface area contributed by atoms with Crippen LogP contribution in [0.3, 0.4) is 0 Å². The zero-order valence-electron chi connectivity index (χ0n) is 8.25. The molecular formula is C11H13KO. The maximum absolute atomic E-state index is 9.44. The van der Waals surface area contributed by atoms with Crippen molar-refractivity contribution < 1.29 is 56.5 Å². The molecule has 1 nitrogen and oxygen atoms in total. The quantitative estimate of drug-likeness (QED) is 0.384. The SMILES string of the molecule is C=CC(O)c1ccc(C)cc1[CH2-].[K+]. The second-order valence-corrected chi connectivity index (χ2v) is 2.88. The molecule has 0 aliphatic rings. The van der Waals surface area contributed by atoms with Crippen molar-refractivity contribution in [2.24, 2.45) is 0 Å². The van der Waals surface area contributed by atoms with Crippen LogP contribution in [0.15, 0.2) is 30.9 Å². The van der Waals surface area contributed by atoms with Crippen LogP contribution in [-0.2, 0) is 0 Å². The number of aryl methyl sites for hydroxylation is 1. The van der Waals surface area contributed by atoms with Crippen molar-refractivity contribution in [2.45, 2.75) is 13.0 Å². The van der Waals surface area contributed by atoms with Gasteiger partial charge in [-0.1, -0.05) is 19.1 Å². The monoisotopic (exact) mass is 200 g/mol. The second kappa shape index (κ2) is 6.01. The third-order valence-corrected chi connectivity index (χ3v) is 1.84. The first-order valence-electron chi connectivity index (χ1n) is 3.88. The molecule has 0 bridgehead atoms. The molecule has 1 N–H and O–H groups in total. The average molecular weight is 200 g/mol. The number of benzene rings is 1. The first-order chi connectivity index (χ1) is 5.65. The van der Waals surface area contributed by atoms with E-state index >= 15 is 0 Å². The fourth-order valence-electron chi connectivity index (χ4n) is 1.15. The Labute approximate surface area is 122 Å². The Kier molecular flexibility index (Phi) is 6.21. The summed E-state index contributed by atoms with van der Waals surface area (Å²) in [5, 5.41) is 9.44. The van der Waals surface area contributed by atoms with Crippen LogP contribution in [0.1, 0.15) is 22.8 Å². The third kappa shape index (κ3) is 3.58. The summed E-state index contributed by atoms with van der Waals surface area (Å²) in [4.78, 5) is 0. The van der Waals surface area contributed by atoms with Crippen molar-refractivity contribution >= 4 is 0 Å². The van der Waals surface area contributed by atoms with Crippen molar-refractivity contribution in [1.29, 1.82) is 0 Å². The van der Waals surface area contributed by atoms with Gasteiger partial charge in [0.25, 0.3) is 0 Å². The maximum Gasteiger partial charge on any atom is 1.00 e. The number of hydrogen-bond acceptors (Lipinski definition) is 1. The molecule has 1 atom stereocenters. The van der Waals surface area contributed by atoms with Gasteiger partial charge in [-0.15, -0.1) is 23.8 Å². The van der Waals surface area contributed by atoms with Gasteiger partial charge in [0.1, 0.15) is 0 Å². The van der Waals surface area contributed by atoms with Crippen LogP contribution < -0.4 is 51.4 Å². The van der Waals surface area contributed by atoms with Gasteiger partial charge in [-0.25, -0.2) is 0 Å². The van der Waals surface area contributed by atoms with Gasteiger partial charge in [-0.3, -0.25) is 0 Å². The normalized spacial score (nSPS) is 11.5. The minimum atomic E-state index is -0.599. The van der Waals surface area contributed by atoms with Crippen molar-refractivity contribution in [3.05, 3.63) is 54.5 Å². The summed E-state index contributed by atoms with van der Waals surface area (Å²) >= 11 is 0. The summed E-state index contributed by atoms with van der Waals surface area (Å²) in [6.07, 6.45) is 0.900. The van der Waals surface area contributed by atoms with Gasteiger partial charge in [0, 0.05) is 0 Å². The molecule has 0 saturated heterocycles. The number of hydrogen-bond donors (Lipinski definition) is 1. The molecule has 1 rings (SSSR count). The van der Waals surface area contributed by atoms with Crippen LogP contribution in [0.5, 0.6) is 0 Å². The Balaban J connectivity index is 0.00000144. The molecule has 0 aromatic heterocycles. The van der Waals surface area contributed by atoms with E-state index in [9.17, 15) is 5.11 Å². The molecule has 64 valence electrons. The zero-order valence-corrected chi connectivity index (χ0v) is 11.4. The van der Waals surface area contributed by atoms with E-state index in [-0.39, 0.29) is 51.4 Å². The Bertz CT molecular complexity index is 294. The largest absolute Gasteiger partial charge is 1.00 e. The first kappa shape index (κ1) is 13.4. The summed E-state index contributed by atoms with van der Waals surface area (Å²) in [6.45, 7) is 9.36. The number of aliphatic hydroxyl groups excluding tert-OH is 1. The van der Waals surface area contributed by atoms with Gasteiger partial charge in [0.15, 0.2) is 0 Å². The van der Waals surface area contributed by atoms with E-state index in [1.165, 1.54) is 6.08 Å². The maximum atomic E-state index is 9.44. The second-order valence-electron chi connectivity index (χ2n) is 2.88. The summed E-state index contributed by atoms with van der Waals surface area (Å²) in [6, 6.07) is 5.78. The Morgan fingerprint density at radius 3 is 2.62 bits per heavy atom. The van der Waals surface area contributed by atoms with Gasteiger partial charge < -0.3 is 5.11 Å². The summed E-state index contributed by atoms with van der Waals surface area (Å²) in [5.74, 6) is 0. The molecular weight excluding hydrogens is 187 g/mol. The molecule has 0 amide bonds. The molecule has 0 fully saturated rings. The Morgan fingerprint density at radius 2 is 2.15 bits per heavy atom. The van der Waals surface area contributed by atoms with E-state index in [2.05, 4.69) is 13.5 Å². The third-order valence-electron chi connectivity index (χ3n) is 1.84. The molecule has 0 spiro atoms. The van der Waals surface area contributed by atoms with Gasteiger partial charge >= 0.3 is 51.4 Å². The summed E-state index contributed by atoms with van der Waals surface area (Å²) in [5.41, 5.74) is 2.85. The predicted molar refractivity (Wildman–Crippen MR) is 50.8 cm³/mol. The van der Waals surface area contributed by atoms with Crippen LogP contribution in [0, 0.1) is 13.8 Å². The van der Waals surface area contributed by atoms with Gasteiger partial charge in [-0.2, -0.15) is 18.6 Å². The van der Waals surface area contributed by atoms with Crippen molar-refractivity contribution in [1.82, 2.24) is 0 Å². The minimum absolute atomic E-state index is 0. The first-order valence-corrected chi connectivity index (χ1v) is 3.88. The molecule has 13 heavy (non-hydrogen) atoms. The molecule has 0 aliphatic carbocycles. The van der Waals surface area contributed by atoms with Crippen LogP contribution in [0.25, 0.3) is 0 Å². The summed E-state index contributed by atoms with van der Waals surface area (Å²) < 4.78 is 0. The number of rotatable bonds is 2. The van der Waals surface area contributed by atoms with E-state index in [0.717, 1.165) is 16.7 Å². The molecule has 0 saturated carbocycles. The minimum Gasteiger partial charge on any atom is -0.397 e. The molecule has 0 radical (unpaired) electrons. The standard InChI is InChI=1S/C11H13O.K/c1-4-11(12)10-6-5-8(2)7-9(10)3;/h4-7,11-12H,1,3H2,2H3;/q-1;+1. The van der Waals surface area contributed by atoms with Gasteiger partial charge in [-0.05, 0) is 0 Å². The fraction of sp³-hybridized carbons (Fsp3) is 0.182. The number of aliphatic hydroxyl groups is 1. The van der Waals surface area contributed by atoms with Gasteiger partial charge in [0.2, 0.25) is 0 Å². The molecule has 1 aromatic rings. The zero-order chi connectivity index (χ0) is 9.14. The van der Waals surface area contributed by atoms with Crippen LogP contribution in [0.2, 0.25) is 0 Å². The molecule has 0 aliphatic heterocycles. The Hall–Kier alpha value is 0.426. The smallest absolute Gasteiger partial charge is 0.397 e. The molecule has 0 heterocycles.